The Morgan fingerprint density at radius 1 is 1.52 bits per heavy atom. The summed E-state index contributed by atoms with van der Waals surface area (Å²) in [7, 11) is 0. The van der Waals surface area contributed by atoms with Crippen LogP contribution >= 0.6 is 0 Å². The summed E-state index contributed by atoms with van der Waals surface area (Å²) in [5, 5.41) is 16.3. The van der Waals surface area contributed by atoms with Crippen molar-refractivity contribution in [3.63, 3.8) is 0 Å². The van der Waals surface area contributed by atoms with Crippen LogP contribution in [-0.4, -0.2) is 29.6 Å². The number of hydrogen-bond donors (Lipinski definition) is 3. The highest BCUT2D eigenvalue weighted by Crippen LogP contribution is 2.23. The van der Waals surface area contributed by atoms with Crippen LogP contribution in [0.15, 0.2) is 24.3 Å². The second-order valence-electron chi connectivity index (χ2n) is 6.41. The van der Waals surface area contributed by atoms with E-state index in [0.29, 0.717) is 24.4 Å². The summed E-state index contributed by atoms with van der Waals surface area (Å²) in [6.45, 7) is 5.17. The normalized spacial score (nSPS) is 20.4. The molecule has 0 aromatic heterocycles. The van der Waals surface area contributed by atoms with Gasteiger partial charge >= 0.3 is 0 Å². The maximum absolute atomic E-state index is 13.1. The van der Waals surface area contributed by atoms with Crippen LogP contribution in [-0.2, 0) is 4.79 Å². The van der Waals surface area contributed by atoms with Gasteiger partial charge in [-0.1, -0.05) is 12.1 Å². The maximum Gasteiger partial charge on any atom is 0.220 e. The van der Waals surface area contributed by atoms with Crippen LogP contribution in [0.2, 0.25) is 0 Å². The topological polar surface area (TPSA) is 61.4 Å². The van der Waals surface area contributed by atoms with Gasteiger partial charge in [-0.05, 0) is 43.9 Å². The Morgan fingerprint density at radius 2 is 2.29 bits per heavy atom. The van der Waals surface area contributed by atoms with E-state index in [1.54, 1.807) is 12.1 Å². The van der Waals surface area contributed by atoms with Gasteiger partial charge < -0.3 is 15.7 Å². The monoisotopic (exact) mass is 294 g/mol. The van der Waals surface area contributed by atoms with Crippen molar-refractivity contribution in [3.8, 4) is 0 Å². The van der Waals surface area contributed by atoms with Crippen LogP contribution in [0, 0.1) is 11.7 Å². The molecule has 1 aliphatic rings. The van der Waals surface area contributed by atoms with Crippen LogP contribution in [0.5, 0.6) is 0 Å². The van der Waals surface area contributed by atoms with Gasteiger partial charge in [0.2, 0.25) is 5.91 Å². The SMILES string of the molecule is CC(C)(C[C@@H]1CNC(=O)C1)NC[C@H](O)c1cccc(F)c1. The molecule has 1 aromatic carbocycles. The van der Waals surface area contributed by atoms with Crippen molar-refractivity contribution in [3.05, 3.63) is 35.6 Å². The predicted molar refractivity (Wildman–Crippen MR) is 79.2 cm³/mol. The summed E-state index contributed by atoms with van der Waals surface area (Å²) in [4.78, 5) is 11.2. The van der Waals surface area contributed by atoms with Gasteiger partial charge in [0, 0.05) is 25.0 Å². The van der Waals surface area contributed by atoms with Crippen molar-refractivity contribution in [2.75, 3.05) is 13.1 Å². The number of benzene rings is 1. The number of carbonyl (C=O) groups is 1. The van der Waals surface area contributed by atoms with E-state index in [1.807, 2.05) is 13.8 Å². The number of nitrogens with one attached hydrogen (secondary N) is 2. The van der Waals surface area contributed by atoms with E-state index in [0.717, 1.165) is 13.0 Å². The van der Waals surface area contributed by atoms with Crippen molar-refractivity contribution < 1.29 is 14.3 Å². The smallest absolute Gasteiger partial charge is 0.220 e. The first-order valence-corrected chi connectivity index (χ1v) is 7.31. The van der Waals surface area contributed by atoms with E-state index in [-0.39, 0.29) is 17.3 Å². The van der Waals surface area contributed by atoms with E-state index < -0.39 is 6.10 Å². The molecule has 0 unspecified atom stereocenters. The highest BCUT2D eigenvalue weighted by Gasteiger charge is 2.29. The van der Waals surface area contributed by atoms with Crippen LogP contribution in [0.25, 0.3) is 0 Å². The Kier molecular flexibility index (Phi) is 4.96. The number of amides is 1. The van der Waals surface area contributed by atoms with Crippen molar-refractivity contribution in [2.24, 2.45) is 5.92 Å². The third-order valence-corrected chi connectivity index (χ3v) is 3.87. The van der Waals surface area contributed by atoms with Gasteiger partial charge in [-0.15, -0.1) is 0 Å². The predicted octanol–water partition coefficient (Wildman–Crippen LogP) is 1.75. The third kappa shape index (κ3) is 4.79. The zero-order valence-electron chi connectivity index (χ0n) is 12.5. The summed E-state index contributed by atoms with van der Waals surface area (Å²) in [6.07, 6.45) is 0.669. The van der Waals surface area contributed by atoms with Gasteiger partial charge in [0.1, 0.15) is 5.82 Å². The van der Waals surface area contributed by atoms with Gasteiger partial charge in [-0.3, -0.25) is 4.79 Å². The Hall–Kier alpha value is -1.46. The Labute approximate surface area is 124 Å². The molecule has 4 nitrogen and oxygen atoms in total. The van der Waals surface area contributed by atoms with E-state index >= 15 is 0 Å². The molecule has 116 valence electrons. The minimum Gasteiger partial charge on any atom is -0.387 e. The molecule has 1 saturated heterocycles. The molecule has 0 bridgehead atoms. The number of aliphatic hydroxyl groups is 1. The molecule has 2 atom stereocenters. The second-order valence-corrected chi connectivity index (χ2v) is 6.41. The Morgan fingerprint density at radius 3 is 2.90 bits per heavy atom. The molecule has 3 N–H and O–H groups in total. The van der Waals surface area contributed by atoms with Gasteiger partial charge in [0.15, 0.2) is 0 Å². The fraction of sp³-hybridized carbons (Fsp3) is 0.562. The zero-order chi connectivity index (χ0) is 15.5. The van der Waals surface area contributed by atoms with Crippen molar-refractivity contribution in [1.82, 2.24) is 10.6 Å². The van der Waals surface area contributed by atoms with E-state index in [1.165, 1.54) is 12.1 Å². The lowest BCUT2D eigenvalue weighted by Crippen LogP contribution is -2.43. The zero-order valence-corrected chi connectivity index (χ0v) is 12.5. The number of aliphatic hydroxyl groups excluding tert-OH is 1. The molecule has 1 fully saturated rings. The lowest BCUT2D eigenvalue weighted by Gasteiger charge is -2.30. The summed E-state index contributed by atoms with van der Waals surface area (Å²) >= 11 is 0. The molecule has 1 aromatic rings. The molecular formula is C16H23FN2O2. The van der Waals surface area contributed by atoms with Crippen molar-refractivity contribution in [2.45, 2.75) is 38.3 Å². The van der Waals surface area contributed by atoms with Crippen LogP contribution in [0.4, 0.5) is 4.39 Å². The molecule has 1 heterocycles. The molecule has 1 amide bonds. The summed E-state index contributed by atoms with van der Waals surface area (Å²) in [5.41, 5.74) is 0.377. The Bertz CT molecular complexity index is 505. The molecule has 0 radical (unpaired) electrons. The van der Waals surface area contributed by atoms with Gasteiger partial charge in [0.25, 0.3) is 0 Å². The number of hydrogen-bond acceptors (Lipinski definition) is 3. The van der Waals surface area contributed by atoms with Gasteiger partial charge in [0.05, 0.1) is 6.10 Å². The average molecular weight is 294 g/mol. The number of carbonyl (C=O) groups excluding carboxylic acids is 1. The minimum atomic E-state index is -0.747. The first kappa shape index (κ1) is 15.9. The van der Waals surface area contributed by atoms with Crippen molar-refractivity contribution >= 4 is 5.91 Å². The van der Waals surface area contributed by atoms with Gasteiger partial charge in [-0.25, -0.2) is 4.39 Å². The number of halogens is 1. The number of β-amino-alcohol motifs (C(OH)–C–C–N with tert-alkyl or cyclic N) is 1. The van der Waals surface area contributed by atoms with E-state index in [2.05, 4.69) is 10.6 Å². The minimum absolute atomic E-state index is 0.107. The largest absolute Gasteiger partial charge is 0.387 e. The molecule has 0 saturated carbocycles. The highest BCUT2D eigenvalue weighted by atomic mass is 19.1. The van der Waals surface area contributed by atoms with Gasteiger partial charge in [-0.2, -0.15) is 0 Å². The molecule has 0 aliphatic carbocycles. The first-order chi connectivity index (χ1) is 9.85. The second kappa shape index (κ2) is 6.54. The lowest BCUT2D eigenvalue weighted by molar-refractivity contribution is -0.119. The van der Waals surface area contributed by atoms with Crippen LogP contribution < -0.4 is 10.6 Å². The standard InChI is InChI=1S/C16H23FN2O2/c1-16(2,8-11-6-15(21)18-9-11)19-10-14(20)12-4-3-5-13(17)7-12/h3-5,7,11,14,19-20H,6,8-10H2,1-2H3,(H,18,21)/t11-,14+/m1/s1. The molecule has 5 heteroatoms. The fourth-order valence-corrected chi connectivity index (χ4v) is 2.81. The molecular weight excluding hydrogens is 271 g/mol. The fourth-order valence-electron chi connectivity index (χ4n) is 2.81. The highest BCUT2D eigenvalue weighted by molar-refractivity contribution is 5.78. The molecule has 0 spiro atoms. The van der Waals surface area contributed by atoms with Crippen molar-refractivity contribution in [1.29, 1.82) is 0 Å². The summed E-state index contributed by atoms with van der Waals surface area (Å²) < 4.78 is 13.1. The summed E-state index contributed by atoms with van der Waals surface area (Å²) in [5.74, 6) is 0.0864. The summed E-state index contributed by atoms with van der Waals surface area (Å²) in [6, 6.07) is 6.01. The average Bonchev–Trinajstić information content (AvgIpc) is 2.80. The van der Waals surface area contributed by atoms with Crippen LogP contribution in [0.3, 0.4) is 0 Å². The third-order valence-electron chi connectivity index (χ3n) is 3.87. The lowest BCUT2D eigenvalue weighted by atomic mass is 9.89. The molecule has 21 heavy (non-hydrogen) atoms. The van der Waals surface area contributed by atoms with Crippen LogP contribution in [0.1, 0.15) is 38.4 Å². The molecule has 1 aliphatic heterocycles. The number of rotatable bonds is 6. The first-order valence-electron chi connectivity index (χ1n) is 7.31. The quantitative estimate of drug-likeness (QED) is 0.749. The Balaban J connectivity index is 1.84. The maximum atomic E-state index is 13.1. The van der Waals surface area contributed by atoms with E-state index in [4.69, 9.17) is 0 Å². The molecule has 2 rings (SSSR count). The van der Waals surface area contributed by atoms with E-state index in [9.17, 15) is 14.3 Å².